The molecule has 1 heterocycles. The smallest absolute Gasteiger partial charge is 0.243 e. The molecule has 0 aliphatic heterocycles. The first-order valence-corrected chi connectivity index (χ1v) is 15.6. The number of amides is 1. The number of carbonyl (C=O) groups is 1. The van der Waals surface area contributed by atoms with Crippen molar-refractivity contribution in [3.8, 4) is 0 Å². The number of aromatic nitrogens is 1. The highest BCUT2D eigenvalue weighted by atomic mass is 79.9. The second kappa shape index (κ2) is 12.9. The molecule has 0 radical (unpaired) electrons. The van der Waals surface area contributed by atoms with Gasteiger partial charge in [0.2, 0.25) is 15.9 Å². The first-order valence-electron chi connectivity index (χ1n) is 13.4. The fourth-order valence-electron chi connectivity index (χ4n) is 4.61. The van der Waals surface area contributed by atoms with Crippen LogP contribution in [0.3, 0.4) is 0 Å². The molecule has 4 aromatic rings. The lowest BCUT2D eigenvalue weighted by atomic mass is 10.1. The largest absolute Gasteiger partial charge is 0.345 e. The van der Waals surface area contributed by atoms with E-state index in [0.29, 0.717) is 19.6 Å². The van der Waals surface area contributed by atoms with Crippen molar-refractivity contribution in [2.75, 3.05) is 13.1 Å². The first kappa shape index (κ1) is 29.1. The van der Waals surface area contributed by atoms with E-state index in [9.17, 15) is 13.2 Å². The van der Waals surface area contributed by atoms with E-state index in [1.165, 1.54) is 4.31 Å². The molecule has 0 spiro atoms. The fraction of sp³-hybridized carbons (Fsp3) is 0.323. The molecular weight excluding hydrogens is 574 g/mol. The van der Waals surface area contributed by atoms with Crippen molar-refractivity contribution in [3.63, 3.8) is 0 Å². The van der Waals surface area contributed by atoms with E-state index in [2.05, 4.69) is 39.6 Å². The zero-order valence-electron chi connectivity index (χ0n) is 22.8. The van der Waals surface area contributed by atoms with Gasteiger partial charge in [-0.3, -0.25) is 4.79 Å². The van der Waals surface area contributed by atoms with Gasteiger partial charge in [-0.2, -0.15) is 4.31 Å². The molecule has 0 N–H and O–H groups in total. The van der Waals surface area contributed by atoms with Gasteiger partial charge in [-0.1, -0.05) is 71.7 Å². The third-order valence-electron chi connectivity index (χ3n) is 6.87. The van der Waals surface area contributed by atoms with Crippen molar-refractivity contribution < 1.29 is 13.2 Å². The number of halogens is 1. The van der Waals surface area contributed by atoms with Gasteiger partial charge in [0.1, 0.15) is 0 Å². The Morgan fingerprint density at radius 1 is 0.949 bits per heavy atom. The molecule has 39 heavy (non-hydrogen) atoms. The molecular formula is C31H36BrN3O3S. The number of unbranched alkanes of at least 4 members (excludes halogenated alkanes) is 1. The molecule has 0 fully saturated rings. The summed E-state index contributed by atoms with van der Waals surface area (Å²) in [6.07, 6.45) is 3.80. The van der Waals surface area contributed by atoms with Crippen LogP contribution in [0.2, 0.25) is 0 Å². The van der Waals surface area contributed by atoms with Crippen molar-refractivity contribution in [3.05, 3.63) is 101 Å². The summed E-state index contributed by atoms with van der Waals surface area (Å²) in [7, 11) is -3.88. The van der Waals surface area contributed by atoms with Crippen LogP contribution in [0.1, 0.15) is 44.9 Å². The van der Waals surface area contributed by atoms with E-state index in [1.807, 2.05) is 74.6 Å². The minimum Gasteiger partial charge on any atom is -0.345 e. The molecule has 0 aliphatic carbocycles. The number of hydrogen-bond acceptors (Lipinski definition) is 3. The van der Waals surface area contributed by atoms with Crippen molar-refractivity contribution in [1.82, 2.24) is 13.8 Å². The molecule has 0 bridgehead atoms. The Balaban J connectivity index is 1.55. The van der Waals surface area contributed by atoms with Crippen LogP contribution in [0.15, 0.2) is 94.4 Å². The van der Waals surface area contributed by atoms with Gasteiger partial charge in [0.05, 0.1) is 18.0 Å². The molecule has 1 aromatic heterocycles. The Labute approximate surface area is 240 Å². The van der Waals surface area contributed by atoms with Crippen molar-refractivity contribution >= 4 is 42.6 Å². The second-order valence-electron chi connectivity index (χ2n) is 10.1. The summed E-state index contributed by atoms with van der Waals surface area (Å²) in [6, 6.07) is 24.6. The molecule has 6 nitrogen and oxygen atoms in total. The SMILES string of the molecule is CCCCN(Cc1cccn1Cc1ccc(Br)cc1)C(=O)CN(C(C)C)S(=O)(=O)c1ccc2ccccc2c1. The lowest BCUT2D eigenvalue weighted by Gasteiger charge is -2.30. The molecule has 0 unspecified atom stereocenters. The molecule has 0 saturated heterocycles. The van der Waals surface area contributed by atoms with Gasteiger partial charge in [0.15, 0.2) is 0 Å². The van der Waals surface area contributed by atoms with Gasteiger partial charge in [0, 0.05) is 35.5 Å². The average Bonchev–Trinajstić information content (AvgIpc) is 3.36. The molecule has 206 valence electrons. The predicted octanol–water partition coefficient (Wildman–Crippen LogP) is 6.68. The van der Waals surface area contributed by atoms with Crippen LogP contribution < -0.4 is 0 Å². The zero-order chi connectivity index (χ0) is 28.0. The van der Waals surface area contributed by atoms with Crippen LogP contribution in [-0.2, 0) is 27.9 Å². The summed E-state index contributed by atoms with van der Waals surface area (Å²) < 4.78 is 32.0. The van der Waals surface area contributed by atoms with Crippen LogP contribution in [0.5, 0.6) is 0 Å². The lowest BCUT2D eigenvalue weighted by molar-refractivity contribution is -0.132. The highest BCUT2D eigenvalue weighted by Gasteiger charge is 2.31. The highest BCUT2D eigenvalue weighted by molar-refractivity contribution is 9.10. The van der Waals surface area contributed by atoms with Crippen molar-refractivity contribution in [2.24, 2.45) is 0 Å². The van der Waals surface area contributed by atoms with Crippen LogP contribution in [0, 0.1) is 0 Å². The Hall–Kier alpha value is -2.94. The Bertz CT molecular complexity index is 1510. The van der Waals surface area contributed by atoms with Crippen LogP contribution in [0.25, 0.3) is 10.8 Å². The summed E-state index contributed by atoms with van der Waals surface area (Å²) in [5.74, 6) is -0.196. The number of fused-ring (bicyclic) bond motifs is 1. The second-order valence-corrected chi connectivity index (χ2v) is 12.9. The molecule has 3 aromatic carbocycles. The lowest BCUT2D eigenvalue weighted by Crippen LogP contribution is -2.46. The molecule has 8 heteroatoms. The summed E-state index contributed by atoms with van der Waals surface area (Å²) in [4.78, 5) is 15.7. The van der Waals surface area contributed by atoms with E-state index in [1.54, 1.807) is 17.0 Å². The summed E-state index contributed by atoms with van der Waals surface area (Å²) in [5, 5.41) is 1.82. The van der Waals surface area contributed by atoms with Crippen molar-refractivity contribution in [1.29, 1.82) is 0 Å². The third kappa shape index (κ3) is 7.18. The summed E-state index contributed by atoms with van der Waals surface area (Å²) >= 11 is 3.48. The minimum atomic E-state index is -3.88. The van der Waals surface area contributed by atoms with Gasteiger partial charge in [0.25, 0.3) is 0 Å². The van der Waals surface area contributed by atoms with Crippen LogP contribution in [0.4, 0.5) is 0 Å². The van der Waals surface area contributed by atoms with E-state index < -0.39 is 10.0 Å². The zero-order valence-corrected chi connectivity index (χ0v) is 25.2. The molecule has 0 atom stereocenters. The van der Waals surface area contributed by atoms with Gasteiger partial charge in [-0.25, -0.2) is 8.42 Å². The summed E-state index contributed by atoms with van der Waals surface area (Å²) in [6.45, 7) is 7.19. The number of hydrogen-bond donors (Lipinski definition) is 0. The Kier molecular flexibility index (Phi) is 9.64. The monoisotopic (exact) mass is 609 g/mol. The third-order valence-corrected chi connectivity index (χ3v) is 9.42. The maximum absolute atomic E-state index is 13.7. The number of nitrogens with zero attached hydrogens (tertiary/aromatic N) is 3. The fourth-order valence-corrected chi connectivity index (χ4v) is 6.50. The van der Waals surface area contributed by atoms with Gasteiger partial charge in [-0.05, 0) is 73.0 Å². The van der Waals surface area contributed by atoms with Crippen LogP contribution in [-0.4, -0.2) is 47.2 Å². The molecule has 0 aliphatic rings. The number of rotatable bonds is 12. The number of carbonyl (C=O) groups excluding carboxylic acids is 1. The minimum absolute atomic E-state index is 0.196. The topological polar surface area (TPSA) is 62.6 Å². The molecule has 1 amide bonds. The van der Waals surface area contributed by atoms with Gasteiger partial charge in [-0.15, -0.1) is 0 Å². The maximum atomic E-state index is 13.7. The van der Waals surface area contributed by atoms with Crippen molar-refractivity contribution in [2.45, 2.75) is 57.6 Å². The normalized spacial score (nSPS) is 11.9. The van der Waals surface area contributed by atoms with Gasteiger partial charge >= 0.3 is 0 Å². The average molecular weight is 611 g/mol. The van der Waals surface area contributed by atoms with E-state index in [-0.39, 0.29) is 23.4 Å². The quantitative estimate of drug-likeness (QED) is 0.180. The van der Waals surface area contributed by atoms with Crippen LogP contribution >= 0.6 is 15.9 Å². The first-order chi connectivity index (χ1) is 18.7. The number of benzene rings is 3. The number of sulfonamides is 1. The molecule has 4 rings (SSSR count). The highest BCUT2D eigenvalue weighted by Crippen LogP contribution is 2.24. The predicted molar refractivity (Wildman–Crippen MR) is 161 cm³/mol. The van der Waals surface area contributed by atoms with E-state index in [4.69, 9.17) is 0 Å². The summed E-state index contributed by atoms with van der Waals surface area (Å²) in [5.41, 5.74) is 2.17. The van der Waals surface area contributed by atoms with Gasteiger partial charge < -0.3 is 9.47 Å². The van der Waals surface area contributed by atoms with E-state index in [0.717, 1.165) is 39.3 Å². The maximum Gasteiger partial charge on any atom is 0.243 e. The van der Waals surface area contributed by atoms with E-state index >= 15 is 0 Å². The molecule has 0 saturated carbocycles. The Morgan fingerprint density at radius 3 is 2.36 bits per heavy atom. The Morgan fingerprint density at radius 2 is 1.67 bits per heavy atom. The standard InChI is InChI=1S/C31H36BrN3O3S/c1-4-5-18-34(22-29-11-8-19-33(29)21-25-12-15-28(32)16-13-25)31(36)23-35(24(2)3)39(37,38)30-17-14-26-9-6-7-10-27(26)20-30/h6-17,19-20,24H,4-5,18,21-23H2,1-3H3.